The lowest BCUT2D eigenvalue weighted by atomic mass is 9.50. The van der Waals surface area contributed by atoms with Crippen LogP contribution in [0.3, 0.4) is 0 Å². The molecule has 3 atom stereocenters. The highest BCUT2D eigenvalue weighted by Crippen LogP contribution is 2.57. The molecule has 0 aromatic heterocycles. The van der Waals surface area contributed by atoms with Crippen LogP contribution in [0.15, 0.2) is 0 Å². The number of rotatable bonds is 2. The van der Waals surface area contributed by atoms with Gasteiger partial charge in [0.2, 0.25) is 0 Å². The molecular formula is C18H36. The summed E-state index contributed by atoms with van der Waals surface area (Å²) in [6.45, 7) is 22.1. The Morgan fingerprint density at radius 3 is 1.83 bits per heavy atom. The van der Waals surface area contributed by atoms with Gasteiger partial charge >= 0.3 is 0 Å². The Morgan fingerprint density at radius 2 is 1.50 bits per heavy atom. The summed E-state index contributed by atoms with van der Waals surface area (Å²) in [5, 5.41) is 0. The van der Waals surface area contributed by atoms with Crippen molar-refractivity contribution >= 4 is 0 Å². The minimum atomic E-state index is 0.388. The molecule has 1 saturated carbocycles. The standard InChI is InChI=1S/C18H36/c1-13(2)18(9,16(4,5)6)15-10-14(3)11-17(7,8)12-15/h13-15H,10-12H2,1-9H3. The summed E-state index contributed by atoms with van der Waals surface area (Å²) >= 11 is 0. The fourth-order valence-corrected chi connectivity index (χ4v) is 4.75. The van der Waals surface area contributed by atoms with E-state index in [0.717, 1.165) is 17.8 Å². The molecule has 0 amide bonds. The van der Waals surface area contributed by atoms with Crippen molar-refractivity contribution in [3.05, 3.63) is 0 Å². The lowest BCUT2D eigenvalue weighted by Gasteiger charge is -2.55. The van der Waals surface area contributed by atoms with E-state index in [1.165, 1.54) is 19.3 Å². The highest BCUT2D eigenvalue weighted by Gasteiger charge is 2.49. The van der Waals surface area contributed by atoms with Crippen LogP contribution < -0.4 is 0 Å². The summed E-state index contributed by atoms with van der Waals surface area (Å²) in [5.74, 6) is 2.51. The largest absolute Gasteiger partial charge is 0.0625 e. The van der Waals surface area contributed by atoms with Crippen molar-refractivity contribution in [2.45, 2.75) is 81.6 Å². The SMILES string of the molecule is CC1CC(C(C)(C(C)C)C(C)(C)C)CC(C)(C)C1. The first-order valence-electron chi connectivity index (χ1n) is 7.90. The molecule has 0 heteroatoms. The zero-order chi connectivity index (χ0) is 14.4. The highest BCUT2D eigenvalue weighted by molar-refractivity contribution is 4.98. The lowest BCUT2D eigenvalue weighted by molar-refractivity contribution is -0.0621. The predicted octanol–water partition coefficient (Wildman–Crippen LogP) is 6.16. The Hall–Kier alpha value is 0. The Morgan fingerprint density at radius 1 is 1.00 bits per heavy atom. The molecule has 0 saturated heterocycles. The van der Waals surface area contributed by atoms with Crippen LogP contribution in [0.2, 0.25) is 0 Å². The molecule has 0 bridgehead atoms. The van der Waals surface area contributed by atoms with Crippen LogP contribution in [-0.2, 0) is 0 Å². The molecule has 18 heavy (non-hydrogen) atoms. The Labute approximate surface area is 116 Å². The van der Waals surface area contributed by atoms with Crippen LogP contribution in [0.25, 0.3) is 0 Å². The Kier molecular flexibility index (Phi) is 4.31. The topological polar surface area (TPSA) is 0 Å². The molecule has 3 unspecified atom stereocenters. The maximum absolute atomic E-state index is 2.55. The van der Waals surface area contributed by atoms with E-state index in [1.54, 1.807) is 0 Å². The average molecular weight is 252 g/mol. The van der Waals surface area contributed by atoms with E-state index in [2.05, 4.69) is 62.3 Å². The molecule has 1 fully saturated rings. The third-order valence-corrected chi connectivity index (χ3v) is 6.05. The number of hydrogen-bond donors (Lipinski definition) is 0. The minimum absolute atomic E-state index is 0.388. The summed E-state index contributed by atoms with van der Waals surface area (Å²) in [6.07, 6.45) is 4.24. The first kappa shape index (κ1) is 16.1. The molecule has 1 aliphatic carbocycles. The molecule has 0 aromatic rings. The third kappa shape index (κ3) is 2.94. The van der Waals surface area contributed by atoms with Gasteiger partial charge in [0.1, 0.15) is 0 Å². The minimum Gasteiger partial charge on any atom is -0.0625 e. The van der Waals surface area contributed by atoms with Gasteiger partial charge in [0.05, 0.1) is 0 Å². The van der Waals surface area contributed by atoms with E-state index in [-0.39, 0.29) is 0 Å². The molecule has 1 rings (SSSR count). The van der Waals surface area contributed by atoms with Crippen LogP contribution >= 0.6 is 0 Å². The summed E-state index contributed by atoms with van der Waals surface area (Å²) < 4.78 is 0. The maximum atomic E-state index is 2.55. The summed E-state index contributed by atoms with van der Waals surface area (Å²) in [6, 6.07) is 0. The second-order valence-corrected chi connectivity index (χ2v) is 9.30. The normalized spacial score (nSPS) is 32.3. The number of hydrogen-bond acceptors (Lipinski definition) is 0. The van der Waals surface area contributed by atoms with Gasteiger partial charge in [0, 0.05) is 0 Å². The van der Waals surface area contributed by atoms with Crippen LogP contribution in [0, 0.1) is 34.0 Å². The zero-order valence-corrected chi connectivity index (χ0v) is 14.4. The van der Waals surface area contributed by atoms with Gasteiger partial charge in [-0.25, -0.2) is 0 Å². The van der Waals surface area contributed by atoms with Gasteiger partial charge < -0.3 is 0 Å². The van der Waals surface area contributed by atoms with E-state index >= 15 is 0 Å². The van der Waals surface area contributed by atoms with Crippen LogP contribution in [-0.4, -0.2) is 0 Å². The quantitative estimate of drug-likeness (QED) is 0.552. The van der Waals surface area contributed by atoms with E-state index < -0.39 is 0 Å². The molecule has 0 radical (unpaired) electrons. The molecule has 108 valence electrons. The van der Waals surface area contributed by atoms with Gasteiger partial charge in [0.15, 0.2) is 0 Å². The lowest BCUT2D eigenvalue weighted by Crippen LogP contribution is -2.47. The molecule has 0 aromatic carbocycles. The van der Waals surface area contributed by atoms with Crippen molar-refractivity contribution in [3.8, 4) is 0 Å². The molecule has 0 spiro atoms. The van der Waals surface area contributed by atoms with Crippen LogP contribution in [0.4, 0.5) is 0 Å². The fourth-order valence-electron chi connectivity index (χ4n) is 4.75. The monoisotopic (exact) mass is 252 g/mol. The Balaban J connectivity index is 3.08. The molecular weight excluding hydrogens is 216 g/mol. The van der Waals surface area contributed by atoms with Gasteiger partial charge in [0.25, 0.3) is 0 Å². The van der Waals surface area contributed by atoms with Crippen molar-refractivity contribution in [3.63, 3.8) is 0 Å². The second kappa shape index (κ2) is 4.84. The van der Waals surface area contributed by atoms with Crippen molar-refractivity contribution in [2.24, 2.45) is 34.0 Å². The summed E-state index contributed by atoms with van der Waals surface area (Å²) in [5.41, 5.74) is 1.36. The van der Waals surface area contributed by atoms with E-state index in [0.29, 0.717) is 16.2 Å². The maximum Gasteiger partial charge on any atom is -0.0226 e. The summed E-state index contributed by atoms with van der Waals surface area (Å²) in [7, 11) is 0. The fraction of sp³-hybridized carbons (Fsp3) is 1.00. The van der Waals surface area contributed by atoms with Crippen molar-refractivity contribution in [1.82, 2.24) is 0 Å². The van der Waals surface area contributed by atoms with Gasteiger partial charge in [-0.05, 0) is 53.3 Å². The molecule has 0 nitrogen and oxygen atoms in total. The van der Waals surface area contributed by atoms with Crippen molar-refractivity contribution < 1.29 is 0 Å². The molecule has 0 aliphatic heterocycles. The van der Waals surface area contributed by atoms with Gasteiger partial charge in [-0.15, -0.1) is 0 Å². The third-order valence-electron chi connectivity index (χ3n) is 6.05. The molecule has 0 N–H and O–H groups in total. The average Bonchev–Trinajstić information content (AvgIpc) is 2.10. The van der Waals surface area contributed by atoms with Crippen LogP contribution in [0.5, 0.6) is 0 Å². The zero-order valence-electron chi connectivity index (χ0n) is 14.4. The van der Waals surface area contributed by atoms with E-state index in [1.807, 2.05) is 0 Å². The van der Waals surface area contributed by atoms with Crippen LogP contribution in [0.1, 0.15) is 81.6 Å². The Bertz CT molecular complexity index is 279. The molecule has 0 heterocycles. The van der Waals surface area contributed by atoms with E-state index in [9.17, 15) is 0 Å². The summed E-state index contributed by atoms with van der Waals surface area (Å²) in [4.78, 5) is 0. The molecule has 1 aliphatic rings. The van der Waals surface area contributed by atoms with Gasteiger partial charge in [-0.1, -0.05) is 62.3 Å². The second-order valence-electron chi connectivity index (χ2n) is 9.30. The smallest absolute Gasteiger partial charge is 0.0226 e. The van der Waals surface area contributed by atoms with Crippen molar-refractivity contribution in [2.75, 3.05) is 0 Å². The van der Waals surface area contributed by atoms with Crippen molar-refractivity contribution in [1.29, 1.82) is 0 Å². The predicted molar refractivity (Wildman–Crippen MR) is 82.7 cm³/mol. The highest BCUT2D eigenvalue weighted by atomic mass is 14.5. The van der Waals surface area contributed by atoms with E-state index in [4.69, 9.17) is 0 Å². The first-order chi connectivity index (χ1) is 7.90. The van der Waals surface area contributed by atoms with Gasteiger partial charge in [-0.2, -0.15) is 0 Å². The van der Waals surface area contributed by atoms with Gasteiger partial charge in [-0.3, -0.25) is 0 Å². The first-order valence-corrected chi connectivity index (χ1v) is 7.90.